The quantitative estimate of drug-likeness (QED) is 0.587. The molecule has 3 N–H and O–H groups in total. The zero-order valence-electron chi connectivity index (χ0n) is 9.48. The van der Waals surface area contributed by atoms with E-state index in [0.29, 0.717) is 13.1 Å². The van der Waals surface area contributed by atoms with E-state index in [2.05, 4.69) is 5.32 Å². The van der Waals surface area contributed by atoms with Crippen molar-refractivity contribution in [3.63, 3.8) is 0 Å². The molecule has 0 bridgehead atoms. The van der Waals surface area contributed by atoms with Crippen LogP contribution in [0.3, 0.4) is 0 Å². The minimum absolute atomic E-state index is 0. The van der Waals surface area contributed by atoms with Crippen LogP contribution in [0.2, 0.25) is 0 Å². The van der Waals surface area contributed by atoms with E-state index in [9.17, 15) is 9.59 Å². The van der Waals surface area contributed by atoms with Gasteiger partial charge in [-0.2, -0.15) is 0 Å². The van der Waals surface area contributed by atoms with Gasteiger partial charge >= 0.3 is 0 Å². The second kappa shape index (κ2) is 9.15. The molecule has 0 unspecified atom stereocenters. The Morgan fingerprint density at radius 2 is 2.12 bits per heavy atom. The molecular formula is C11H17ClN2O2S. The zero-order chi connectivity index (χ0) is 11.8. The van der Waals surface area contributed by atoms with Crippen molar-refractivity contribution in [2.24, 2.45) is 5.73 Å². The monoisotopic (exact) mass is 276 g/mol. The number of thiophene rings is 1. The van der Waals surface area contributed by atoms with Gasteiger partial charge in [0.15, 0.2) is 5.78 Å². The first-order chi connectivity index (χ1) is 7.74. The molecule has 0 saturated carbocycles. The first-order valence-electron chi connectivity index (χ1n) is 5.27. The highest BCUT2D eigenvalue weighted by atomic mass is 35.5. The molecule has 96 valence electrons. The zero-order valence-corrected chi connectivity index (χ0v) is 11.1. The van der Waals surface area contributed by atoms with Gasteiger partial charge in [0, 0.05) is 19.4 Å². The van der Waals surface area contributed by atoms with Crippen molar-refractivity contribution >= 4 is 35.4 Å². The van der Waals surface area contributed by atoms with Crippen LogP contribution in [0.15, 0.2) is 17.5 Å². The average molecular weight is 277 g/mol. The van der Waals surface area contributed by atoms with Gasteiger partial charge in [-0.25, -0.2) is 0 Å². The summed E-state index contributed by atoms with van der Waals surface area (Å²) in [4.78, 5) is 23.6. The summed E-state index contributed by atoms with van der Waals surface area (Å²) in [6.07, 6.45) is 1.29. The number of carbonyl (C=O) groups is 2. The number of carbonyl (C=O) groups excluding carboxylic acids is 2. The molecule has 1 aromatic heterocycles. The predicted octanol–water partition coefficient (Wildman–Crippen LogP) is 1.60. The van der Waals surface area contributed by atoms with Crippen molar-refractivity contribution in [1.82, 2.24) is 5.32 Å². The molecule has 0 aliphatic rings. The Kier molecular flexibility index (Phi) is 8.66. The normalized spacial score (nSPS) is 9.47. The molecule has 1 heterocycles. The molecule has 0 aromatic carbocycles. The smallest absolute Gasteiger partial charge is 0.220 e. The van der Waals surface area contributed by atoms with Crippen molar-refractivity contribution in [3.8, 4) is 0 Å². The number of ketones is 1. The van der Waals surface area contributed by atoms with Crippen LogP contribution in [0.25, 0.3) is 0 Å². The summed E-state index contributed by atoms with van der Waals surface area (Å²) < 4.78 is 0. The Hall–Kier alpha value is -0.910. The summed E-state index contributed by atoms with van der Waals surface area (Å²) in [6, 6.07) is 3.61. The molecule has 4 nitrogen and oxygen atoms in total. The maximum absolute atomic E-state index is 11.6. The van der Waals surface area contributed by atoms with Crippen LogP contribution in [0.1, 0.15) is 28.9 Å². The topological polar surface area (TPSA) is 72.2 Å². The van der Waals surface area contributed by atoms with E-state index in [1.807, 2.05) is 11.4 Å². The van der Waals surface area contributed by atoms with Crippen LogP contribution < -0.4 is 11.1 Å². The van der Waals surface area contributed by atoms with Crippen LogP contribution in [-0.4, -0.2) is 24.8 Å². The summed E-state index contributed by atoms with van der Waals surface area (Å²) in [5.74, 6) is -0.0534. The molecule has 1 rings (SSSR count). The number of Topliss-reactive ketones (excluding diaryl/α,β-unsaturated/α-hetero) is 1. The van der Waals surface area contributed by atoms with Crippen molar-refractivity contribution in [3.05, 3.63) is 22.4 Å². The lowest BCUT2D eigenvalue weighted by Gasteiger charge is -2.02. The van der Waals surface area contributed by atoms with E-state index < -0.39 is 0 Å². The van der Waals surface area contributed by atoms with Gasteiger partial charge < -0.3 is 11.1 Å². The SMILES string of the molecule is Cl.NCCCNC(=O)CCC(=O)c1cccs1. The van der Waals surface area contributed by atoms with Gasteiger partial charge in [-0.1, -0.05) is 6.07 Å². The van der Waals surface area contributed by atoms with Crippen LogP contribution in [-0.2, 0) is 4.79 Å². The fourth-order valence-corrected chi connectivity index (χ4v) is 1.90. The molecule has 0 aliphatic heterocycles. The van der Waals surface area contributed by atoms with Crippen molar-refractivity contribution in [2.45, 2.75) is 19.3 Å². The third-order valence-corrected chi connectivity index (χ3v) is 2.99. The van der Waals surface area contributed by atoms with Gasteiger partial charge in [-0.3, -0.25) is 9.59 Å². The lowest BCUT2D eigenvalue weighted by Crippen LogP contribution is -2.26. The van der Waals surface area contributed by atoms with Crippen LogP contribution in [0, 0.1) is 0 Å². The van der Waals surface area contributed by atoms with E-state index in [4.69, 9.17) is 5.73 Å². The van der Waals surface area contributed by atoms with Crippen LogP contribution in [0.5, 0.6) is 0 Å². The lowest BCUT2D eigenvalue weighted by molar-refractivity contribution is -0.121. The van der Waals surface area contributed by atoms with Gasteiger partial charge in [0.05, 0.1) is 4.88 Å². The van der Waals surface area contributed by atoms with E-state index in [1.165, 1.54) is 11.3 Å². The van der Waals surface area contributed by atoms with Crippen LogP contribution in [0.4, 0.5) is 0 Å². The third-order valence-electron chi connectivity index (χ3n) is 2.08. The second-order valence-electron chi connectivity index (χ2n) is 3.39. The summed E-state index contributed by atoms with van der Waals surface area (Å²) in [5, 5.41) is 4.57. The number of halogens is 1. The van der Waals surface area contributed by atoms with E-state index in [1.54, 1.807) is 6.07 Å². The Morgan fingerprint density at radius 1 is 1.35 bits per heavy atom. The van der Waals surface area contributed by atoms with Gasteiger partial charge in [-0.15, -0.1) is 23.7 Å². The molecule has 0 radical (unpaired) electrons. The highest BCUT2D eigenvalue weighted by molar-refractivity contribution is 7.12. The minimum atomic E-state index is -0.0849. The van der Waals surface area contributed by atoms with Gasteiger partial charge in [0.2, 0.25) is 5.91 Å². The summed E-state index contributed by atoms with van der Waals surface area (Å²) in [6.45, 7) is 1.15. The number of nitrogens with one attached hydrogen (secondary N) is 1. The van der Waals surface area contributed by atoms with E-state index >= 15 is 0 Å². The maximum atomic E-state index is 11.6. The van der Waals surface area contributed by atoms with Crippen molar-refractivity contribution in [2.75, 3.05) is 13.1 Å². The van der Waals surface area contributed by atoms with E-state index in [0.717, 1.165) is 11.3 Å². The molecule has 0 atom stereocenters. The first-order valence-corrected chi connectivity index (χ1v) is 6.15. The molecule has 0 aliphatic carbocycles. The first kappa shape index (κ1) is 16.1. The largest absolute Gasteiger partial charge is 0.356 e. The summed E-state index contributed by atoms with van der Waals surface area (Å²) in [7, 11) is 0. The Labute approximate surface area is 111 Å². The van der Waals surface area contributed by atoms with Crippen LogP contribution >= 0.6 is 23.7 Å². The molecule has 17 heavy (non-hydrogen) atoms. The summed E-state index contributed by atoms with van der Waals surface area (Å²) >= 11 is 1.41. The maximum Gasteiger partial charge on any atom is 0.220 e. The Morgan fingerprint density at radius 3 is 2.71 bits per heavy atom. The van der Waals surface area contributed by atoms with E-state index in [-0.39, 0.29) is 36.9 Å². The van der Waals surface area contributed by atoms with Crippen molar-refractivity contribution < 1.29 is 9.59 Å². The molecular weight excluding hydrogens is 260 g/mol. The Balaban J connectivity index is 0.00000256. The Bertz CT molecular complexity index is 341. The predicted molar refractivity (Wildman–Crippen MR) is 71.8 cm³/mol. The molecule has 0 spiro atoms. The lowest BCUT2D eigenvalue weighted by atomic mass is 10.2. The molecule has 0 fully saturated rings. The molecule has 1 amide bonds. The minimum Gasteiger partial charge on any atom is -0.356 e. The van der Waals surface area contributed by atoms with Gasteiger partial charge in [0.1, 0.15) is 0 Å². The number of amides is 1. The van der Waals surface area contributed by atoms with Crippen molar-refractivity contribution in [1.29, 1.82) is 0 Å². The molecule has 6 heteroatoms. The number of rotatable bonds is 7. The summed E-state index contributed by atoms with van der Waals surface area (Å²) in [5.41, 5.74) is 5.30. The second-order valence-corrected chi connectivity index (χ2v) is 4.34. The van der Waals surface area contributed by atoms with Gasteiger partial charge in [0.25, 0.3) is 0 Å². The molecule has 1 aromatic rings. The number of hydrogen-bond donors (Lipinski definition) is 2. The third kappa shape index (κ3) is 6.41. The number of nitrogens with two attached hydrogens (primary N) is 1. The number of hydrogen-bond acceptors (Lipinski definition) is 4. The standard InChI is InChI=1S/C11H16N2O2S.ClH/c12-6-2-7-13-11(15)5-4-9(14)10-3-1-8-16-10;/h1,3,8H,2,4-7,12H2,(H,13,15);1H. The average Bonchev–Trinajstić information content (AvgIpc) is 2.79. The van der Waals surface area contributed by atoms with Gasteiger partial charge in [-0.05, 0) is 24.4 Å². The fourth-order valence-electron chi connectivity index (χ4n) is 1.21. The highest BCUT2D eigenvalue weighted by Gasteiger charge is 2.09. The fraction of sp³-hybridized carbons (Fsp3) is 0.455. The highest BCUT2D eigenvalue weighted by Crippen LogP contribution is 2.11. The molecule has 0 saturated heterocycles.